The molecule has 1 aliphatic rings. The van der Waals surface area contributed by atoms with E-state index < -0.39 is 0 Å². The molecule has 1 aliphatic carbocycles. The minimum Gasteiger partial charge on any atom is -0.378 e. The Labute approximate surface area is 94.8 Å². The number of hydrogen-bond acceptors (Lipinski definition) is 2. The van der Waals surface area contributed by atoms with E-state index in [0.29, 0.717) is 6.10 Å². The third kappa shape index (κ3) is 7.80. The molecule has 1 fully saturated rings. The van der Waals surface area contributed by atoms with Gasteiger partial charge in [0.1, 0.15) is 0 Å². The summed E-state index contributed by atoms with van der Waals surface area (Å²) >= 11 is 0. The first-order valence-corrected chi connectivity index (χ1v) is 6.53. The molecule has 1 N–H and O–H groups in total. The van der Waals surface area contributed by atoms with E-state index in [2.05, 4.69) is 26.1 Å². The second-order valence-electron chi connectivity index (χ2n) is 5.23. The monoisotopic (exact) mass is 213 g/mol. The van der Waals surface area contributed by atoms with Gasteiger partial charge in [-0.2, -0.15) is 0 Å². The van der Waals surface area contributed by atoms with Crippen LogP contribution in [0.5, 0.6) is 0 Å². The van der Waals surface area contributed by atoms with Crippen LogP contribution in [0.15, 0.2) is 0 Å². The molecule has 90 valence electrons. The van der Waals surface area contributed by atoms with Gasteiger partial charge in [0.25, 0.3) is 0 Å². The Morgan fingerprint density at radius 1 is 1.20 bits per heavy atom. The highest BCUT2D eigenvalue weighted by molar-refractivity contribution is 4.80. The zero-order valence-electron chi connectivity index (χ0n) is 10.6. The molecule has 0 aromatic carbocycles. The summed E-state index contributed by atoms with van der Waals surface area (Å²) in [5.41, 5.74) is 0. The molecule has 0 spiro atoms. The number of nitrogens with one attached hydrogen (secondary N) is 1. The normalized spacial score (nSPS) is 18.4. The van der Waals surface area contributed by atoms with Crippen molar-refractivity contribution in [3.05, 3.63) is 0 Å². The van der Waals surface area contributed by atoms with Gasteiger partial charge < -0.3 is 10.1 Å². The Hall–Kier alpha value is -0.0800. The first-order chi connectivity index (χ1) is 7.18. The van der Waals surface area contributed by atoms with Crippen LogP contribution in [-0.4, -0.2) is 25.3 Å². The fourth-order valence-corrected chi connectivity index (χ4v) is 1.57. The third-order valence-corrected chi connectivity index (χ3v) is 2.90. The van der Waals surface area contributed by atoms with Gasteiger partial charge in [-0.15, -0.1) is 0 Å². The molecular formula is C13H27NO. The van der Waals surface area contributed by atoms with E-state index in [1.807, 2.05) is 0 Å². The SMILES string of the molecule is CC(C)CCOC(C)CCCNC1CC1. The second kappa shape index (κ2) is 7.24. The number of rotatable bonds is 9. The molecule has 0 amide bonds. The lowest BCUT2D eigenvalue weighted by Crippen LogP contribution is -2.19. The van der Waals surface area contributed by atoms with Crippen molar-refractivity contribution in [3.63, 3.8) is 0 Å². The van der Waals surface area contributed by atoms with Crippen LogP contribution in [0.25, 0.3) is 0 Å². The molecule has 0 bridgehead atoms. The molecule has 0 aromatic rings. The summed E-state index contributed by atoms with van der Waals surface area (Å²) in [5.74, 6) is 0.758. The standard InChI is InChI=1S/C13H27NO/c1-11(2)8-10-15-12(3)5-4-9-14-13-6-7-13/h11-14H,4-10H2,1-3H3. The molecule has 0 radical (unpaired) electrons. The molecule has 0 aliphatic heterocycles. The van der Waals surface area contributed by atoms with Gasteiger partial charge >= 0.3 is 0 Å². The van der Waals surface area contributed by atoms with Crippen molar-refractivity contribution in [1.82, 2.24) is 5.32 Å². The predicted octanol–water partition coefficient (Wildman–Crippen LogP) is 2.97. The molecule has 2 nitrogen and oxygen atoms in total. The topological polar surface area (TPSA) is 21.3 Å². The van der Waals surface area contributed by atoms with Crippen LogP contribution in [0.3, 0.4) is 0 Å². The highest BCUT2D eigenvalue weighted by Gasteiger charge is 2.19. The van der Waals surface area contributed by atoms with Crippen molar-refractivity contribution in [1.29, 1.82) is 0 Å². The van der Waals surface area contributed by atoms with Crippen LogP contribution in [-0.2, 0) is 4.74 Å². The van der Waals surface area contributed by atoms with Gasteiger partial charge in [0, 0.05) is 12.6 Å². The average molecular weight is 213 g/mol. The molecule has 15 heavy (non-hydrogen) atoms. The maximum atomic E-state index is 5.75. The first kappa shape index (κ1) is 13.0. The van der Waals surface area contributed by atoms with Crippen LogP contribution in [0.2, 0.25) is 0 Å². The summed E-state index contributed by atoms with van der Waals surface area (Å²) in [4.78, 5) is 0. The Morgan fingerprint density at radius 2 is 1.93 bits per heavy atom. The van der Waals surface area contributed by atoms with Gasteiger partial charge in [-0.05, 0) is 51.5 Å². The summed E-state index contributed by atoms with van der Waals surface area (Å²) in [5, 5.41) is 3.53. The van der Waals surface area contributed by atoms with E-state index in [1.54, 1.807) is 0 Å². The van der Waals surface area contributed by atoms with Crippen LogP contribution in [0.1, 0.15) is 52.9 Å². The van der Waals surface area contributed by atoms with Crippen molar-refractivity contribution >= 4 is 0 Å². The third-order valence-electron chi connectivity index (χ3n) is 2.90. The molecule has 2 heteroatoms. The van der Waals surface area contributed by atoms with Crippen molar-refractivity contribution in [2.75, 3.05) is 13.2 Å². The molecule has 1 saturated carbocycles. The minimum absolute atomic E-state index is 0.435. The zero-order valence-corrected chi connectivity index (χ0v) is 10.6. The van der Waals surface area contributed by atoms with Gasteiger partial charge in [0.05, 0.1) is 6.10 Å². The predicted molar refractivity (Wildman–Crippen MR) is 65.1 cm³/mol. The van der Waals surface area contributed by atoms with E-state index in [1.165, 1.54) is 38.6 Å². The van der Waals surface area contributed by atoms with E-state index in [-0.39, 0.29) is 0 Å². The smallest absolute Gasteiger partial charge is 0.0547 e. The summed E-state index contributed by atoms with van der Waals surface area (Å²) in [6, 6.07) is 0.849. The van der Waals surface area contributed by atoms with E-state index >= 15 is 0 Å². The van der Waals surface area contributed by atoms with Gasteiger partial charge in [0.2, 0.25) is 0 Å². The Balaban J connectivity index is 1.81. The van der Waals surface area contributed by atoms with E-state index in [4.69, 9.17) is 4.74 Å². The van der Waals surface area contributed by atoms with E-state index in [0.717, 1.165) is 18.6 Å². The summed E-state index contributed by atoms with van der Waals surface area (Å²) in [7, 11) is 0. The summed E-state index contributed by atoms with van der Waals surface area (Å²) in [6.45, 7) is 8.77. The fraction of sp³-hybridized carbons (Fsp3) is 1.00. The first-order valence-electron chi connectivity index (χ1n) is 6.53. The lowest BCUT2D eigenvalue weighted by atomic mass is 10.1. The maximum Gasteiger partial charge on any atom is 0.0547 e. The molecule has 1 unspecified atom stereocenters. The van der Waals surface area contributed by atoms with Crippen LogP contribution in [0, 0.1) is 5.92 Å². The van der Waals surface area contributed by atoms with Gasteiger partial charge in [-0.3, -0.25) is 0 Å². The molecule has 0 heterocycles. The number of ether oxygens (including phenoxy) is 1. The van der Waals surface area contributed by atoms with E-state index in [9.17, 15) is 0 Å². The van der Waals surface area contributed by atoms with Crippen molar-refractivity contribution in [3.8, 4) is 0 Å². The van der Waals surface area contributed by atoms with Gasteiger partial charge in [-0.25, -0.2) is 0 Å². The van der Waals surface area contributed by atoms with Crippen LogP contribution >= 0.6 is 0 Å². The quantitative estimate of drug-likeness (QED) is 0.595. The summed E-state index contributed by atoms with van der Waals surface area (Å²) < 4.78 is 5.75. The Kier molecular flexibility index (Phi) is 6.26. The van der Waals surface area contributed by atoms with Gasteiger partial charge in [0.15, 0.2) is 0 Å². The van der Waals surface area contributed by atoms with Gasteiger partial charge in [-0.1, -0.05) is 13.8 Å². The number of hydrogen-bond donors (Lipinski definition) is 1. The highest BCUT2D eigenvalue weighted by Crippen LogP contribution is 2.18. The lowest BCUT2D eigenvalue weighted by molar-refractivity contribution is 0.0521. The lowest BCUT2D eigenvalue weighted by Gasteiger charge is -2.14. The summed E-state index contributed by atoms with van der Waals surface area (Å²) in [6.07, 6.45) is 6.84. The Morgan fingerprint density at radius 3 is 2.53 bits per heavy atom. The van der Waals surface area contributed by atoms with Crippen molar-refractivity contribution < 1.29 is 4.74 Å². The molecular weight excluding hydrogens is 186 g/mol. The minimum atomic E-state index is 0.435. The molecule has 1 rings (SSSR count). The molecule has 1 atom stereocenters. The highest BCUT2D eigenvalue weighted by atomic mass is 16.5. The average Bonchev–Trinajstić information content (AvgIpc) is 2.95. The zero-order chi connectivity index (χ0) is 11.1. The largest absolute Gasteiger partial charge is 0.378 e. The fourth-order valence-electron chi connectivity index (χ4n) is 1.57. The molecule has 0 saturated heterocycles. The maximum absolute atomic E-state index is 5.75. The van der Waals surface area contributed by atoms with Crippen molar-refractivity contribution in [2.24, 2.45) is 5.92 Å². The van der Waals surface area contributed by atoms with Crippen LogP contribution < -0.4 is 5.32 Å². The van der Waals surface area contributed by atoms with Crippen LogP contribution in [0.4, 0.5) is 0 Å². The Bertz CT molecular complexity index is 155. The molecule has 0 aromatic heterocycles. The second-order valence-corrected chi connectivity index (χ2v) is 5.23. The van der Waals surface area contributed by atoms with Crippen molar-refractivity contribution in [2.45, 2.75) is 65.0 Å².